The van der Waals surface area contributed by atoms with Crippen LogP contribution in [0.15, 0.2) is 18.0 Å². The van der Waals surface area contributed by atoms with Crippen LogP contribution >= 0.6 is 0 Å². The van der Waals surface area contributed by atoms with Gasteiger partial charge in [0.25, 0.3) is 0 Å². The van der Waals surface area contributed by atoms with Crippen molar-refractivity contribution in [3.05, 3.63) is 23.5 Å². The number of aromatic nitrogens is 2. The fourth-order valence-corrected chi connectivity index (χ4v) is 3.53. The predicted octanol–water partition coefficient (Wildman–Crippen LogP) is 0.542. The minimum atomic E-state index is -1.58. The van der Waals surface area contributed by atoms with E-state index < -0.39 is 29.3 Å². The van der Waals surface area contributed by atoms with Crippen LogP contribution in [-0.2, 0) is 9.59 Å². The molecular weight excluding hydrogens is 430 g/mol. The van der Waals surface area contributed by atoms with Gasteiger partial charge in [-0.3, -0.25) is 20.9 Å². The topological polar surface area (TPSA) is 185 Å². The third-order valence-electron chi connectivity index (χ3n) is 5.14. The molecule has 2 rings (SSSR count). The van der Waals surface area contributed by atoms with Gasteiger partial charge in [0.1, 0.15) is 11.9 Å². The normalized spacial score (nSPS) is 14.9. The molecule has 0 saturated carbocycles. The maximum atomic E-state index is 12.2. The van der Waals surface area contributed by atoms with Gasteiger partial charge in [0.15, 0.2) is 5.82 Å². The van der Waals surface area contributed by atoms with E-state index in [9.17, 15) is 19.5 Å². The summed E-state index contributed by atoms with van der Waals surface area (Å²) < 4.78 is 0. The molecule has 0 bridgehead atoms. The molecule has 12 nitrogen and oxygen atoms in total. The smallest absolute Gasteiger partial charge is 0.338 e. The van der Waals surface area contributed by atoms with Crippen LogP contribution in [-0.4, -0.2) is 81.5 Å². The zero-order valence-electron chi connectivity index (χ0n) is 18.8. The zero-order valence-corrected chi connectivity index (χ0v) is 18.8. The summed E-state index contributed by atoms with van der Waals surface area (Å²) >= 11 is 0. The van der Waals surface area contributed by atoms with Crippen molar-refractivity contribution < 1.29 is 29.9 Å². The van der Waals surface area contributed by atoms with Crippen molar-refractivity contribution in [3.63, 3.8) is 0 Å². The van der Waals surface area contributed by atoms with Gasteiger partial charge in [-0.15, -0.1) is 0 Å². The summed E-state index contributed by atoms with van der Waals surface area (Å²) in [7, 11) is 0. The lowest BCUT2D eigenvalue weighted by Gasteiger charge is -2.19. The second kappa shape index (κ2) is 13.2. The Morgan fingerprint density at radius 2 is 1.88 bits per heavy atom. The van der Waals surface area contributed by atoms with E-state index in [1.54, 1.807) is 5.32 Å². The molecule has 33 heavy (non-hydrogen) atoms. The Morgan fingerprint density at radius 3 is 2.48 bits per heavy atom. The molecule has 1 aromatic heterocycles. The molecule has 12 heteroatoms. The van der Waals surface area contributed by atoms with E-state index in [2.05, 4.69) is 25.5 Å². The van der Waals surface area contributed by atoms with Crippen molar-refractivity contribution >= 4 is 35.3 Å². The van der Waals surface area contributed by atoms with Crippen molar-refractivity contribution in [1.29, 1.82) is 5.41 Å². The predicted molar refractivity (Wildman–Crippen MR) is 121 cm³/mol. The summed E-state index contributed by atoms with van der Waals surface area (Å²) in [6, 6.07) is -0.570. The number of carboxylic acids is 2. The number of nitrogens with one attached hydrogen (secondary N) is 3. The molecule has 1 fully saturated rings. The van der Waals surface area contributed by atoms with Crippen LogP contribution in [0.5, 0.6) is 0 Å². The average molecular weight is 463 g/mol. The molecule has 7 N–H and O–H groups in total. The number of likely N-dealkylation sites (tertiary alicyclic amines) is 1. The van der Waals surface area contributed by atoms with Crippen molar-refractivity contribution in [2.75, 3.05) is 38.0 Å². The molecule has 1 aromatic rings. The highest BCUT2D eigenvalue weighted by molar-refractivity contribution is 6.29. The van der Waals surface area contributed by atoms with Crippen molar-refractivity contribution in [1.82, 2.24) is 20.2 Å². The third kappa shape index (κ3) is 8.24. The number of hydrogen-bond donors (Lipinski definition) is 6. The average Bonchev–Trinajstić information content (AvgIpc) is 3.04. The first-order valence-electron chi connectivity index (χ1n) is 11.1. The molecule has 1 aliphatic heterocycles. The fraction of sp³-hybridized carbons (Fsp3) is 0.524. The van der Waals surface area contributed by atoms with Crippen LogP contribution in [0.1, 0.15) is 44.6 Å². The third-order valence-corrected chi connectivity index (χ3v) is 5.14. The van der Waals surface area contributed by atoms with Gasteiger partial charge in [0.05, 0.1) is 17.8 Å². The quantitative estimate of drug-likeness (QED) is 0.203. The van der Waals surface area contributed by atoms with Crippen molar-refractivity contribution in [3.8, 4) is 0 Å². The molecule has 0 unspecified atom stereocenters. The highest BCUT2D eigenvalue weighted by Crippen LogP contribution is 2.21. The lowest BCUT2D eigenvalue weighted by Crippen LogP contribution is -2.80. The Hall–Kier alpha value is -3.38. The van der Waals surface area contributed by atoms with Crippen molar-refractivity contribution in [2.24, 2.45) is 0 Å². The van der Waals surface area contributed by atoms with Gasteiger partial charge in [-0.2, -0.15) is 4.98 Å². The van der Waals surface area contributed by atoms with E-state index in [4.69, 9.17) is 10.5 Å². The number of nitrogens with two attached hydrogens (primary N) is 1. The highest BCUT2D eigenvalue weighted by Gasteiger charge is 2.27. The first-order valence-corrected chi connectivity index (χ1v) is 11.1. The molecule has 180 valence electrons. The minimum absolute atomic E-state index is 0.0464. The van der Waals surface area contributed by atoms with Gasteiger partial charge in [-0.25, -0.2) is 19.4 Å². The second-order valence-electron chi connectivity index (χ2n) is 7.69. The number of anilines is 1. The van der Waals surface area contributed by atoms with Crippen LogP contribution in [0.3, 0.4) is 0 Å². The summed E-state index contributed by atoms with van der Waals surface area (Å²) in [4.78, 5) is 45.5. The van der Waals surface area contributed by atoms with Gasteiger partial charge in [0, 0.05) is 19.2 Å². The molecule has 0 aromatic carbocycles. The van der Waals surface area contributed by atoms with Gasteiger partial charge >= 0.3 is 18.0 Å². The Bertz CT molecular complexity index is 895. The number of amides is 2. The molecule has 1 aliphatic rings. The first kappa shape index (κ1) is 25.9. The van der Waals surface area contributed by atoms with E-state index >= 15 is 0 Å². The van der Waals surface area contributed by atoms with Crippen molar-refractivity contribution in [2.45, 2.75) is 39.0 Å². The van der Waals surface area contributed by atoms with E-state index in [1.807, 2.05) is 6.92 Å². The largest absolute Gasteiger partial charge is 0.478 e. The molecule has 0 aliphatic carbocycles. The van der Waals surface area contributed by atoms with Gasteiger partial charge in [0.2, 0.25) is 5.82 Å². The number of urea groups is 1. The lowest BCUT2D eigenvalue weighted by molar-refractivity contribution is -0.575. The van der Waals surface area contributed by atoms with E-state index in [1.165, 1.54) is 19.2 Å². The number of hydrogen-bond acceptors (Lipinski definition) is 7. The van der Waals surface area contributed by atoms with Crippen LogP contribution in [0, 0.1) is 5.41 Å². The maximum Gasteiger partial charge on any atom is 0.338 e. The molecule has 0 radical (unpaired) electrons. The molecular formula is C21H32N7O5+. The number of quaternary nitrogens is 1. The van der Waals surface area contributed by atoms with Crippen LogP contribution < -0.4 is 16.0 Å². The second-order valence-corrected chi connectivity index (χ2v) is 7.69. The summed E-state index contributed by atoms with van der Waals surface area (Å²) in [5.41, 5.74) is -1.39. The van der Waals surface area contributed by atoms with Crippen LogP contribution in [0.4, 0.5) is 16.4 Å². The summed E-state index contributed by atoms with van der Waals surface area (Å²) in [5.74, 6) is -2.89. The Kier molecular flexibility index (Phi) is 10.4. The number of nitrogens with zero attached hydrogens (tertiary/aromatic N) is 3. The SMILES string of the molecule is CCCNC(=O)Nc1ncnc([NH2+]CCN2CCCCCC2)c1C(=N)C(=CC(=O)O)C(=O)O. The molecule has 0 atom stereocenters. The first-order chi connectivity index (χ1) is 15.8. The Morgan fingerprint density at radius 1 is 1.18 bits per heavy atom. The number of aliphatic carboxylic acids is 2. The number of carbonyl (C=O) groups excluding carboxylic acids is 1. The van der Waals surface area contributed by atoms with Gasteiger partial charge in [-0.1, -0.05) is 19.8 Å². The lowest BCUT2D eigenvalue weighted by atomic mass is 10.0. The number of rotatable bonds is 11. The van der Waals surface area contributed by atoms with E-state index in [0.717, 1.165) is 32.5 Å². The molecule has 0 spiro atoms. The Balaban J connectivity index is 2.32. The standard InChI is InChI=1S/C21H31N7O5/c1-2-7-24-21(33)27-19-16(17(22)14(20(31)32)12-15(29)30)18(25-13-26-19)23-8-11-28-9-5-3-4-6-10-28/h12-13,22H,2-11H2,1H3,(H,29,30)(H,31,32)(H3,23,24,25,26,27,33)/p+1. The minimum Gasteiger partial charge on any atom is -0.478 e. The Labute approximate surface area is 192 Å². The highest BCUT2D eigenvalue weighted by atomic mass is 16.4. The number of carboxylic acid groups (broad SMARTS) is 2. The molecule has 1 saturated heterocycles. The van der Waals surface area contributed by atoms with E-state index in [-0.39, 0.29) is 17.2 Å². The summed E-state index contributed by atoms with van der Waals surface area (Å²) in [6.07, 6.45) is 7.09. The fourth-order valence-electron chi connectivity index (χ4n) is 3.53. The monoisotopic (exact) mass is 462 g/mol. The molecule has 2 amide bonds. The van der Waals surface area contributed by atoms with Crippen LogP contribution in [0.2, 0.25) is 0 Å². The maximum absolute atomic E-state index is 12.2. The number of carbonyl (C=O) groups is 3. The zero-order chi connectivity index (χ0) is 24.2. The van der Waals surface area contributed by atoms with Gasteiger partial charge < -0.3 is 15.5 Å². The van der Waals surface area contributed by atoms with E-state index in [0.29, 0.717) is 25.6 Å². The van der Waals surface area contributed by atoms with Gasteiger partial charge in [-0.05, 0) is 32.4 Å². The van der Waals surface area contributed by atoms with Crippen LogP contribution in [0.25, 0.3) is 0 Å². The molecule has 2 heterocycles. The summed E-state index contributed by atoms with van der Waals surface area (Å²) in [5, 5.41) is 33.9. The summed E-state index contributed by atoms with van der Waals surface area (Å²) in [6.45, 7) is 5.68.